The van der Waals surface area contributed by atoms with Crippen molar-refractivity contribution in [2.24, 2.45) is 0 Å². The molecule has 0 bridgehead atoms. The molecule has 1 aromatic heterocycles. The summed E-state index contributed by atoms with van der Waals surface area (Å²) in [6.45, 7) is 2.21. The van der Waals surface area contributed by atoms with E-state index in [-0.39, 0.29) is 6.54 Å². The minimum Gasteiger partial charge on any atom is -0.480 e. The summed E-state index contributed by atoms with van der Waals surface area (Å²) < 4.78 is 0. The number of carbonyl (C=O) groups excluding carboxylic acids is 1. The lowest BCUT2D eigenvalue weighted by molar-refractivity contribution is -0.139. The normalized spacial score (nSPS) is 11.9. The number of aliphatic carboxylic acids is 1. The monoisotopic (exact) mass is 269 g/mol. The van der Waals surface area contributed by atoms with Crippen LogP contribution in [0.1, 0.15) is 32.0 Å². The van der Waals surface area contributed by atoms with Gasteiger partial charge < -0.3 is 15.3 Å². The van der Waals surface area contributed by atoms with Gasteiger partial charge in [-0.05, 0) is 6.42 Å². The highest BCUT2D eigenvalue weighted by Gasteiger charge is 2.21. The third-order valence-corrected chi connectivity index (χ3v) is 2.64. The Kier molecular flexibility index (Phi) is 5.77. The lowest BCUT2D eigenvalue weighted by Gasteiger charge is -2.20. The zero-order chi connectivity index (χ0) is 14.3. The van der Waals surface area contributed by atoms with Crippen LogP contribution in [-0.4, -0.2) is 50.3 Å². The van der Waals surface area contributed by atoms with Gasteiger partial charge in [-0.25, -0.2) is 14.6 Å². The third-order valence-electron chi connectivity index (χ3n) is 2.64. The van der Waals surface area contributed by atoms with Gasteiger partial charge in [0.1, 0.15) is 18.2 Å². The topological polar surface area (TPSA) is 111 Å². The fourth-order valence-corrected chi connectivity index (χ4v) is 1.53. The molecule has 1 atom stereocenters. The van der Waals surface area contributed by atoms with E-state index >= 15 is 0 Å². The Bertz CT molecular complexity index is 406. The van der Waals surface area contributed by atoms with Crippen LogP contribution >= 0.6 is 0 Å². The quantitative estimate of drug-likeness (QED) is 0.670. The first-order chi connectivity index (χ1) is 9.04. The number of urea groups is 1. The van der Waals surface area contributed by atoms with Gasteiger partial charge >= 0.3 is 12.0 Å². The maximum absolute atomic E-state index is 11.8. The number of aromatic amines is 1. The summed E-state index contributed by atoms with van der Waals surface area (Å²) in [6.07, 6.45) is 3.41. The Labute approximate surface area is 111 Å². The van der Waals surface area contributed by atoms with Gasteiger partial charge in [-0.2, -0.15) is 5.10 Å². The molecule has 2 amide bonds. The van der Waals surface area contributed by atoms with E-state index in [0.29, 0.717) is 12.2 Å². The molecule has 0 aliphatic rings. The second-order valence-electron chi connectivity index (χ2n) is 4.27. The summed E-state index contributed by atoms with van der Waals surface area (Å²) in [5, 5.41) is 17.8. The van der Waals surface area contributed by atoms with Gasteiger partial charge in [0, 0.05) is 7.05 Å². The standard InChI is InChI=1S/C11H19N5O3/c1-3-4-5-8(10(17)18)14-11(19)16(2)6-9-12-7-13-15-9/h7-8H,3-6H2,1-2H3,(H,14,19)(H,17,18)(H,12,13,15). The van der Waals surface area contributed by atoms with Crippen molar-refractivity contribution in [3.8, 4) is 0 Å². The van der Waals surface area contributed by atoms with Gasteiger partial charge in [-0.1, -0.05) is 19.8 Å². The van der Waals surface area contributed by atoms with Crippen molar-refractivity contribution in [2.75, 3.05) is 7.05 Å². The van der Waals surface area contributed by atoms with Crippen molar-refractivity contribution < 1.29 is 14.7 Å². The zero-order valence-corrected chi connectivity index (χ0v) is 11.1. The van der Waals surface area contributed by atoms with E-state index in [0.717, 1.165) is 12.8 Å². The number of carbonyl (C=O) groups is 2. The van der Waals surface area contributed by atoms with Crippen molar-refractivity contribution in [2.45, 2.75) is 38.8 Å². The summed E-state index contributed by atoms with van der Waals surface area (Å²) in [5.41, 5.74) is 0. The van der Waals surface area contributed by atoms with E-state index in [4.69, 9.17) is 5.11 Å². The first-order valence-corrected chi connectivity index (χ1v) is 6.13. The number of nitrogens with zero attached hydrogens (tertiary/aromatic N) is 3. The minimum atomic E-state index is -1.02. The van der Waals surface area contributed by atoms with Crippen LogP contribution in [0.25, 0.3) is 0 Å². The van der Waals surface area contributed by atoms with Crippen molar-refractivity contribution in [1.82, 2.24) is 25.4 Å². The first kappa shape index (κ1) is 14.9. The minimum absolute atomic E-state index is 0.242. The number of aromatic nitrogens is 3. The number of rotatable bonds is 7. The van der Waals surface area contributed by atoms with Crippen LogP contribution in [0.2, 0.25) is 0 Å². The molecular formula is C11H19N5O3. The number of unbranched alkanes of at least 4 members (excludes halogenated alkanes) is 1. The van der Waals surface area contributed by atoms with E-state index in [1.54, 1.807) is 7.05 Å². The molecule has 0 spiro atoms. The molecule has 1 unspecified atom stereocenters. The largest absolute Gasteiger partial charge is 0.480 e. The van der Waals surface area contributed by atoms with Crippen molar-refractivity contribution >= 4 is 12.0 Å². The van der Waals surface area contributed by atoms with Crippen LogP contribution in [0, 0.1) is 0 Å². The zero-order valence-electron chi connectivity index (χ0n) is 11.1. The number of amides is 2. The number of H-pyrrole nitrogens is 1. The summed E-state index contributed by atoms with van der Waals surface area (Å²) in [4.78, 5) is 28.1. The number of carboxylic acid groups (broad SMARTS) is 1. The molecule has 0 aliphatic carbocycles. The highest BCUT2D eigenvalue weighted by molar-refractivity contribution is 5.82. The lowest BCUT2D eigenvalue weighted by atomic mass is 10.1. The van der Waals surface area contributed by atoms with Crippen LogP contribution in [0.5, 0.6) is 0 Å². The van der Waals surface area contributed by atoms with E-state index < -0.39 is 18.0 Å². The average Bonchev–Trinajstić information content (AvgIpc) is 2.86. The number of hydrogen-bond donors (Lipinski definition) is 3. The second kappa shape index (κ2) is 7.34. The molecule has 8 heteroatoms. The Morgan fingerprint density at radius 3 is 2.84 bits per heavy atom. The summed E-state index contributed by atoms with van der Waals surface area (Å²) >= 11 is 0. The second-order valence-corrected chi connectivity index (χ2v) is 4.27. The Hall–Kier alpha value is -2.12. The van der Waals surface area contributed by atoms with Gasteiger partial charge in [0.05, 0.1) is 6.54 Å². The molecule has 0 aliphatic heterocycles. The van der Waals surface area contributed by atoms with Crippen LogP contribution in [0.3, 0.4) is 0 Å². The van der Waals surface area contributed by atoms with E-state index in [9.17, 15) is 9.59 Å². The molecule has 3 N–H and O–H groups in total. The molecule has 0 saturated carbocycles. The molecule has 106 valence electrons. The van der Waals surface area contributed by atoms with Crippen LogP contribution < -0.4 is 5.32 Å². The Morgan fingerprint density at radius 2 is 2.32 bits per heavy atom. The SMILES string of the molecule is CCCCC(NC(=O)N(C)Cc1ncn[nH]1)C(=O)O. The van der Waals surface area contributed by atoms with Crippen molar-refractivity contribution in [3.63, 3.8) is 0 Å². The van der Waals surface area contributed by atoms with Gasteiger partial charge in [-0.15, -0.1) is 0 Å². The van der Waals surface area contributed by atoms with Gasteiger partial charge in [0.2, 0.25) is 0 Å². The van der Waals surface area contributed by atoms with E-state index in [1.165, 1.54) is 11.2 Å². The highest BCUT2D eigenvalue weighted by atomic mass is 16.4. The lowest BCUT2D eigenvalue weighted by Crippen LogP contribution is -2.46. The summed E-state index contributed by atoms with van der Waals surface area (Å²) in [7, 11) is 1.57. The van der Waals surface area contributed by atoms with E-state index in [1.807, 2.05) is 6.92 Å². The smallest absolute Gasteiger partial charge is 0.326 e. The fraction of sp³-hybridized carbons (Fsp3) is 0.636. The molecular weight excluding hydrogens is 250 g/mol. The number of hydrogen-bond acceptors (Lipinski definition) is 4. The Morgan fingerprint density at radius 1 is 1.58 bits per heavy atom. The first-order valence-electron chi connectivity index (χ1n) is 6.13. The number of nitrogens with one attached hydrogen (secondary N) is 2. The van der Waals surface area contributed by atoms with Crippen molar-refractivity contribution in [3.05, 3.63) is 12.2 Å². The van der Waals surface area contributed by atoms with Gasteiger partial charge in [0.25, 0.3) is 0 Å². The summed E-state index contributed by atoms with van der Waals surface area (Å²) in [5.74, 6) is -0.479. The predicted octanol–water partition coefficient (Wildman–Crippen LogP) is 0.589. The molecule has 0 fully saturated rings. The number of carboxylic acids is 1. The van der Waals surface area contributed by atoms with Gasteiger partial charge in [-0.3, -0.25) is 5.10 Å². The highest BCUT2D eigenvalue weighted by Crippen LogP contribution is 2.02. The maximum atomic E-state index is 11.8. The predicted molar refractivity (Wildman–Crippen MR) is 67.3 cm³/mol. The van der Waals surface area contributed by atoms with Crippen LogP contribution in [0.15, 0.2) is 6.33 Å². The van der Waals surface area contributed by atoms with Crippen molar-refractivity contribution in [1.29, 1.82) is 0 Å². The third kappa shape index (κ3) is 4.94. The molecule has 1 heterocycles. The fourth-order valence-electron chi connectivity index (χ4n) is 1.53. The van der Waals surface area contributed by atoms with E-state index in [2.05, 4.69) is 20.5 Å². The van der Waals surface area contributed by atoms with Crippen LogP contribution in [-0.2, 0) is 11.3 Å². The molecule has 19 heavy (non-hydrogen) atoms. The molecule has 1 aromatic rings. The Balaban J connectivity index is 2.48. The maximum Gasteiger partial charge on any atom is 0.326 e. The van der Waals surface area contributed by atoms with Crippen LogP contribution in [0.4, 0.5) is 4.79 Å². The molecule has 0 aromatic carbocycles. The molecule has 1 rings (SSSR count). The van der Waals surface area contributed by atoms with Gasteiger partial charge in [0.15, 0.2) is 0 Å². The molecule has 0 radical (unpaired) electrons. The molecule has 0 saturated heterocycles. The molecule has 8 nitrogen and oxygen atoms in total. The summed E-state index contributed by atoms with van der Waals surface area (Å²) in [6, 6.07) is -1.30. The average molecular weight is 269 g/mol.